The monoisotopic (exact) mass is 872 g/mol. The van der Waals surface area contributed by atoms with Crippen LogP contribution in [0.5, 0.6) is 5.75 Å². The van der Waals surface area contributed by atoms with Crippen molar-refractivity contribution in [1.82, 2.24) is 20.1 Å². The van der Waals surface area contributed by atoms with Gasteiger partial charge in [-0.3, -0.25) is 14.5 Å². The minimum absolute atomic E-state index is 0.0349. The van der Waals surface area contributed by atoms with E-state index in [1.807, 2.05) is 54.6 Å². The maximum Gasteiger partial charge on any atom is 0.409 e. The number of methoxy groups -OCH3 is 1. The van der Waals surface area contributed by atoms with Crippen molar-refractivity contribution in [3.05, 3.63) is 172 Å². The number of carbonyl (C=O) groups is 4. The van der Waals surface area contributed by atoms with Crippen molar-refractivity contribution in [2.24, 2.45) is 5.16 Å². The Hall–Kier alpha value is -6.91. The van der Waals surface area contributed by atoms with Crippen LogP contribution in [0.4, 0.5) is 9.93 Å². The van der Waals surface area contributed by atoms with Crippen LogP contribution in [0.3, 0.4) is 0 Å². The molecule has 4 aromatic carbocycles. The highest BCUT2D eigenvalue weighted by molar-refractivity contribution is 8.00. The lowest BCUT2D eigenvalue weighted by molar-refractivity contribution is -0.153. The molecule has 62 heavy (non-hydrogen) atoms. The number of anilines is 1. The summed E-state index contributed by atoms with van der Waals surface area (Å²) < 4.78 is 16.1. The predicted octanol–water partition coefficient (Wildman–Crippen LogP) is 6.56. The largest absolute Gasteiger partial charge is 0.497 e. The molecule has 0 unspecified atom stereocenters. The Bertz CT molecular complexity index is 2380. The van der Waals surface area contributed by atoms with Gasteiger partial charge < -0.3 is 34.6 Å². The molecule has 3 amide bonds. The fourth-order valence-corrected chi connectivity index (χ4v) is 9.09. The van der Waals surface area contributed by atoms with Gasteiger partial charge in [-0.05, 0) is 46.0 Å². The third kappa shape index (κ3) is 9.21. The first-order valence-electron chi connectivity index (χ1n) is 19.5. The van der Waals surface area contributed by atoms with E-state index in [9.17, 15) is 19.2 Å². The molecule has 2 aliphatic heterocycles. The number of benzene rings is 4. The second-order valence-electron chi connectivity index (χ2n) is 14.2. The molecular formula is C46H44N6O8S2. The molecule has 0 radical (unpaired) electrons. The van der Waals surface area contributed by atoms with Gasteiger partial charge in [0.25, 0.3) is 11.8 Å². The zero-order chi connectivity index (χ0) is 43.6. The molecule has 1 fully saturated rings. The number of oxime groups is 1. The molecule has 0 aliphatic carbocycles. The number of ether oxygens (including phenoxy) is 3. The molecule has 3 heterocycles. The second-order valence-corrected chi connectivity index (χ2v) is 16.1. The molecule has 1 saturated heterocycles. The average Bonchev–Trinajstić information content (AvgIpc) is 3.78. The molecule has 5 aromatic rings. The van der Waals surface area contributed by atoms with Gasteiger partial charge in [0.15, 0.2) is 10.8 Å². The number of aromatic nitrogens is 1. The number of hydrogen-bond acceptors (Lipinski definition) is 13. The van der Waals surface area contributed by atoms with Gasteiger partial charge in [0.2, 0.25) is 0 Å². The predicted molar refractivity (Wildman–Crippen MR) is 238 cm³/mol. The normalized spacial score (nSPS) is 16.2. The number of fused-ring (bicyclic) bond motifs is 1. The minimum Gasteiger partial charge on any atom is -0.497 e. The fraction of sp³-hybridized carbons (Fsp3) is 0.217. The van der Waals surface area contributed by atoms with Crippen LogP contribution in [0.2, 0.25) is 0 Å². The van der Waals surface area contributed by atoms with Crippen molar-refractivity contribution in [3.63, 3.8) is 0 Å². The molecule has 318 valence electrons. The summed E-state index contributed by atoms with van der Waals surface area (Å²) in [4.78, 5) is 66.3. The van der Waals surface area contributed by atoms with Crippen LogP contribution in [0.1, 0.15) is 27.9 Å². The minimum atomic E-state index is -1.01. The topological polar surface area (TPSA) is 161 Å². The number of thiazole rings is 1. The van der Waals surface area contributed by atoms with Crippen LogP contribution < -0.4 is 15.4 Å². The van der Waals surface area contributed by atoms with Crippen LogP contribution in [0.25, 0.3) is 0 Å². The Morgan fingerprint density at radius 2 is 1.50 bits per heavy atom. The number of nitrogens with zero attached hydrogens (tertiary/aromatic N) is 4. The van der Waals surface area contributed by atoms with E-state index >= 15 is 0 Å². The highest BCUT2D eigenvalue weighted by Gasteiger charge is 2.54. The Labute approximate surface area is 367 Å². The number of thioether (sulfide) groups is 1. The number of nitrogens with one attached hydrogen (secondary N) is 2. The molecule has 0 spiro atoms. The summed E-state index contributed by atoms with van der Waals surface area (Å²) in [6, 6.07) is 36.2. The van der Waals surface area contributed by atoms with Gasteiger partial charge in [-0.25, -0.2) is 14.6 Å². The lowest BCUT2D eigenvalue weighted by Crippen LogP contribution is -2.71. The second kappa shape index (κ2) is 19.6. The van der Waals surface area contributed by atoms with Crippen LogP contribution in [-0.2, 0) is 40.8 Å². The molecule has 16 heteroatoms. The van der Waals surface area contributed by atoms with Gasteiger partial charge in [-0.15, -0.1) is 23.1 Å². The van der Waals surface area contributed by atoms with Crippen molar-refractivity contribution in [1.29, 1.82) is 0 Å². The van der Waals surface area contributed by atoms with E-state index in [1.54, 1.807) is 63.0 Å². The van der Waals surface area contributed by atoms with Gasteiger partial charge >= 0.3 is 12.1 Å². The summed E-state index contributed by atoms with van der Waals surface area (Å²) in [7, 11) is 6.02. The summed E-state index contributed by atoms with van der Waals surface area (Å²) in [6.45, 7) is -0.120. The summed E-state index contributed by atoms with van der Waals surface area (Å²) >= 11 is 2.65. The quantitative estimate of drug-likeness (QED) is 0.0364. The third-order valence-corrected chi connectivity index (χ3v) is 12.1. The lowest BCUT2D eigenvalue weighted by Gasteiger charge is -2.49. The zero-order valence-electron chi connectivity index (χ0n) is 34.3. The van der Waals surface area contributed by atoms with E-state index in [2.05, 4.69) is 52.2 Å². The Morgan fingerprint density at radius 3 is 2.06 bits per heavy atom. The van der Waals surface area contributed by atoms with Gasteiger partial charge in [-0.2, -0.15) is 0 Å². The highest BCUT2D eigenvalue weighted by Crippen LogP contribution is 2.42. The van der Waals surface area contributed by atoms with E-state index in [-0.39, 0.29) is 36.1 Å². The first-order chi connectivity index (χ1) is 30.1. The van der Waals surface area contributed by atoms with Crippen molar-refractivity contribution in [3.8, 4) is 5.75 Å². The maximum atomic E-state index is 14.1. The van der Waals surface area contributed by atoms with Gasteiger partial charge in [0.05, 0.1) is 7.11 Å². The number of β-lactam (4-membered cyclic amide) rings is 1. The molecule has 2 atom stereocenters. The molecule has 7 rings (SSSR count). The van der Waals surface area contributed by atoms with Crippen molar-refractivity contribution in [2.45, 2.75) is 23.6 Å². The first kappa shape index (κ1) is 43.2. The van der Waals surface area contributed by atoms with E-state index in [1.165, 1.54) is 40.0 Å². The van der Waals surface area contributed by atoms with E-state index < -0.39 is 40.8 Å². The molecule has 2 N–H and O–H groups in total. The smallest absolute Gasteiger partial charge is 0.409 e. The summed E-state index contributed by atoms with van der Waals surface area (Å²) in [6.07, 6.45) is 2.69. The van der Waals surface area contributed by atoms with Crippen LogP contribution in [0, 0.1) is 0 Å². The number of amides is 3. The van der Waals surface area contributed by atoms with Crippen molar-refractivity contribution < 1.29 is 38.2 Å². The summed E-state index contributed by atoms with van der Waals surface area (Å²) in [5.41, 5.74) is 3.38. The lowest BCUT2D eigenvalue weighted by atomic mass is 9.77. The number of rotatable bonds is 16. The molecular weight excluding hydrogens is 829 g/mol. The Balaban J connectivity index is 1.12. The molecule has 0 saturated carbocycles. The first-order valence-corrected chi connectivity index (χ1v) is 21.4. The van der Waals surface area contributed by atoms with Crippen LogP contribution >= 0.6 is 23.1 Å². The highest BCUT2D eigenvalue weighted by atomic mass is 32.2. The van der Waals surface area contributed by atoms with Crippen LogP contribution in [-0.4, -0.2) is 96.5 Å². The number of allylic oxidation sites excluding steroid dienone is 1. The number of hydrogen-bond donors (Lipinski definition) is 2. The molecule has 2 aliphatic rings. The van der Waals surface area contributed by atoms with E-state index in [4.69, 9.17) is 24.0 Å². The molecule has 1 aromatic heterocycles. The van der Waals surface area contributed by atoms with E-state index in [0.717, 1.165) is 16.7 Å². The maximum absolute atomic E-state index is 14.1. The van der Waals surface area contributed by atoms with Crippen molar-refractivity contribution in [2.75, 3.05) is 46.0 Å². The van der Waals surface area contributed by atoms with Gasteiger partial charge in [-0.1, -0.05) is 114 Å². The van der Waals surface area contributed by atoms with Gasteiger partial charge in [0, 0.05) is 25.2 Å². The molecule has 0 bridgehead atoms. The zero-order valence-corrected chi connectivity index (χ0v) is 36.0. The Kier molecular flexibility index (Phi) is 13.7. The SMILES string of the molecule is CO/N=C(\C(=O)N[C@@H]1C(=O)N2C(C(=O)OCc3ccc(OC)cc3)=C(/C=C\COC(=O)N(C)C)CS[C@H]12)c1csc(NC(c2ccccc2)(c2ccccc2)c2ccccc2)n1. The van der Waals surface area contributed by atoms with Crippen molar-refractivity contribution >= 4 is 57.8 Å². The van der Waals surface area contributed by atoms with Crippen LogP contribution in [0.15, 0.2) is 149 Å². The van der Waals surface area contributed by atoms with E-state index in [0.29, 0.717) is 22.0 Å². The van der Waals surface area contributed by atoms with Gasteiger partial charge in [0.1, 0.15) is 54.4 Å². The average molecular weight is 873 g/mol. The number of carbonyl (C=O) groups excluding carboxylic acids is 4. The molecule has 14 nitrogen and oxygen atoms in total. The standard InChI is InChI=1S/C46H44N6O8S2/c1-51(2)45(56)59-26-14-15-31-28-61-42-38(41(54)52(42)39(31)43(55)60-27-30-22-24-35(57-3)25-23-30)48-40(53)37(50-58-4)36-29-62-44(47-36)49-46(32-16-8-5-9-17-32,33-18-10-6-11-19-33)34-20-12-7-13-21-34/h5-25,29,38,42H,26-28H2,1-4H3,(H,47,49)(H,48,53)/b15-14-,50-37-/t38-,42-/m1/s1. The summed E-state index contributed by atoms with van der Waals surface area (Å²) in [5, 5.41) is 12.1. The fourth-order valence-electron chi connectivity index (χ4n) is 7.02. The summed E-state index contributed by atoms with van der Waals surface area (Å²) in [5.74, 6) is -0.997. The number of esters is 1. The Morgan fingerprint density at radius 1 is 0.887 bits per heavy atom. The third-order valence-electron chi connectivity index (χ3n) is 10.1.